The number of imidazole rings is 1. The van der Waals surface area contributed by atoms with Gasteiger partial charge in [-0.3, -0.25) is 4.79 Å². The van der Waals surface area contributed by atoms with Crippen LogP contribution in [-0.2, 0) is 4.74 Å². The van der Waals surface area contributed by atoms with E-state index in [0.29, 0.717) is 43.1 Å². The van der Waals surface area contributed by atoms with Gasteiger partial charge in [0.25, 0.3) is 5.91 Å². The van der Waals surface area contributed by atoms with Gasteiger partial charge in [0.1, 0.15) is 11.3 Å². The van der Waals surface area contributed by atoms with E-state index in [4.69, 9.17) is 11.2 Å². The van der Waals surface area contributed by atoms with Gasteiger partial charge < -0.3 is 14.5 Å². The molecular formula is C24H25N5O3. The lowest BCUT2D eigenvalue weighted by atomic mass is 10.1. The van der Waals surface area contributed by atoms with Crippen LogP contribution in [0, 0.1) is 12.3 Å². The molecule has 3 aromatic rings. The molecule has 3 heterocycles. The lowest BCUT2D eigenvalue weighted by molar-refractivity contribution is 0.0141. The molecule has 1 aromatic carbocycles. The van der Waals surface area contributed by atoms with Crippen LogP contribution < -0.4 is 0 Å². The second-order valence-electron chi connectivity index (χ2n) is 8.61. The van der Waals surface area contributed by atoms with E-state index in [1.54, 1.807) is 32.6 Å². The van der Waals surface area contributed by atoms with Crippen LogP contribution in [0.25, 0.3) is 16.9 Å². The highest BCUT2D eigenvalue weighted by Gasteiger charge is 2.28. The first kappa shape index (κ1) is 21.4. The van der Waals surface area contributed by atoms with E-state index in [1.165, 1.54) is 0 Å². The Labute approximate surface area is 186 Å². The fourth-order valence-electron chi connectivity index (χ4n) is 3.51. The Balaban J connectivity index is 1.42. The van der Waals surface area contributed by atoms with Crippen LogP contribution in [0.3, 0.4) is 0 Å². The van der Waals surface area contributed by atoms with Crippen LogP contribution in [0.5, 0.6) is 0 Å². The van der Waals surface area contributed by atoms with E-state index in [0.717, 1.165) is 11.3 Å². The van der Waals surface area contributed by atoms with E-state index in [-0.39, 0.29) is 12.0 Å². The summed E-state index contributed by atoms with van der Waals surface area (Å²) in [6.07, 6.45) is 6.77. The molecule has 0 saturated carbocycles. The summed E-state index contributed by atoms with van der Waals surface area (Å²) in [6, 6.07) is 11.0. The normalized spacial score (nSPS) is 14.3. The SMILES string of the molecule is C#Cc1cnc2ccc(-c3ccc(C(=O)N4CCN(C(=O)OC(C)(C)C)CC4)cc3)nn12. The number of rotatable bonds is 2. The summed E-state index contributed by atoms with van der Waals surface area (Å²) < 4.78 is 7.03. The molecule has 2 aromatic heterocycles. The molecule has 1 saturated heterocycles. The van der Waals surface area contributed by atoms with Crippen LogP contribution in [0.4, 0.5) is 4.79 Å². The molecule has 164 valence electrons. The van der Waals surface area contributed by atoms with Gasteiger partial charge in [0.2, 0.25) is 0 Å². The Hall–Kier alpha value is -3.86. The third-order valence-electron chi connectivity index (χ3n) is 5.16. The summed E-state index contributed by atoms with van der Waals surface area (Å²) in [6.45, 7) is 7.35. The van der Waals surface area contributed by atoms with E-state index in [9.17, 15) is 9.59 Å². The molecule has 8 nitrogen and oxygen atoms in total. The average molecular weight is 431 g/mol. The number of piperazine rings is 1. The largest absolute Gasteiger partial charge is 0.444 e. The van der Waals surface area contributed by atoms with Gasteiger partial charge in [-0.15, -0.1) is 6.42 Å². The van der Waals surface area contributed by atoms with E-state index < -0.39 is 5.60 Å². The number of benzene rings is 1. The number of aromatic nitrogens is 3. The maximum Gasteiger partial charge on any atom is 0.410 e. The highest BCUT2D eigenvalue weighted by atomic mass is 16.6. The Bertz CT molecular complexity index is 1190. The number of carbonyl (C=O) groups is 2. The van der Waals surface area contributed by atoms with Gasteiger partial charge in [-0.1, -0.05) is 12.1 Å². The predicted molar refractivity (Wildman–Crippen MR) is 120 cm³/mol. The number of nitrogens with zero attached hydrogens (tertiary/aromatic N) is 5. The summed E-state index contributed by atoms with van der Waals surface area (Å²) in [5.74, 6) is 2.50. The number of ether oxygens (including phenoxy) is 1. The van der Waals surface area contributed by atoms with Crippen LogP contribution >= 0.6 is 0 Å². The summed E-state index contributed by atoms with van der Waals surface area (Å²) in [5.41, 5.74) is 2.92. The molecule has 0 unspecified atom stereocenters. The molecule has 1 aliphatic heterocycles. The number of fused-ring (bicyclic) bond motifs is 1. The van der Waals surface area contributed by atoms with Crippen LogP contribution in [-0.4, -0.2) is 68.2 Å². The topological polar surface area (TPSA) is 80.0 Å². The number of terminal acetylenes is 1. The third kappa shape index (κ3) is 4.42. The van der Waals surface area contributed by atoms with E-state index in [2.05, 4.69) is 16.0 Å². The van der Waals surface area contributed by atoms with Gasteiger partial charge >= 0.3 is 6.09 Å². The van der Waals surface area contributed by atoms with E-state index in [1.807, 2.05) is 45.0 Å². The number of hydrogen-bond donors (Lipinski definition) is 0. The van der Waals surface area contributed by atoms with Crippen molar-refractivity contribution in [2.24, 2.45) is 0 Å². The zero-order valence-electron chi connectivity index (χ0n) is 18.4. The van der Waals surface area contributed by atoms with Crippen molar-refractivity contribution in [1.29, 1.82) is 0 Å². The second-order valence-corrected chi connectivity index (χ2v) is 8.61. The molecule has 1 fully saturated rings. The first-order chi connectivity index (χ1) is 15.2. The standard InChI is InChI=1S/C24H25N5O3/c1-5-19-16-25-21-11-10-20(26-29(19)21)17-6-8-18(9-7-17)22(30)27-12-14-28(15-13-27)23(31)32-24(2,3)4/h1,6-11,16H,12-15H2,2-4H3. The minimum absolute atomic E-state index is 0.0620. The summed E-state index contributed by atoms with van der Waals surface area (Å²) in [7, 11) is 0. The van der Waals surface area contributed by atoms with Crippen molar-refractivity contribution in [1.82, 2.24) is 24.4 Å². The Kier molecular flexibility index (Phi) is 5.57. The molecule has 4 rings (SSSR count). The summed E-state index contributed by atoms with van der Waals surface area (Å²) in [5, 5.41) is 4.56. The van der Waals surface area contributed by atoms with E-state index >= 15 is 0 Å². The first-order valence-electron chi connectivity index (χ1n) is 10.4. The molecule has 32 heavy (non-hydrogen) atoms. The van der Waals surface area contributed by atoms with Gasteiger partial charge in [0.15, 0.2) is 5.65 Å². The average Bonchev–Trinajstić information content (AvgIpc) is 3.20. The van der Waals surface area contributed by atoms with Gasteiger partial charge in [0.05, 0.1) is 11.9 Å². The quantitative estimate of drug-likeness (QED) is 0.583. The zero-order valence-corrected chi connectivity index (χ0v) is 18.4. The Morgan fingerprint density at radius 3 is 2.28 bits per heavy atom. The monoisotopic (exact) mass is 431 g/mol. The van der Waals surface area contributed by atoms with Crippen molar-refractivity contribution in [2.75, 3.05) is 26.2 Å². The van der Waals surface area contributed by atoms with Gasteiger partial charge in [-0.25, -0.2) is 14.3 Å². The molecule has 8 heteroatoms. The highest BCUT2D eigenvalue weighted by molar-refractivity contribution is 5.94. The maximum absolute atomic E-state index is 12.9. The molecule has 0 spiro atoms. The van der Waals surface area contributed by atoms with Crippen molar-refractivity contribution in [3.05, 3.63) is 53.9 Å². The maximum atomic E-state index is 12.9. The van der Waals surface area contributed by atoms with Crippen molar-refractivity contribution in [3.8, 4) is 23.6 Å². The van der Waals surface area contributed by atoms with Gasteiger partial charge in [-0.2, -0.15) is 5.10 Å². The van der Waals surface area contributed by atoms with Crippen LogP contribution in [0.2, 0.25) is 0 Å². The fraction of sp³-hybridized carbons (Fsp3) is 0.333. The number of hydrogen-bond acceptors (Lipinski definition) is 5. The van der Waals surface area contributed by atoms with Gasteiger partial charge in [-0.05, 0) is 51.0 Å². The molecular weight excluding hydrogens is 406 g/mol. The molecule has 0 atom stereocenters. The van der Waals surface area contributed by atoms with Crippen molar-refractivity contribution >= 4 is 17.6 Å². The zero-order chi connectivity index (χ0) is 22.9. The molecule has 2 amide bonds. The molecule has 0 N–H and O–H groups in total. The summed E-state index contributed by atoms with van der Waals surface area (Å²) >= 11 is 0. The van der Waals surface area contributed by atoms with Gasteiger partial charge in [0, 0.05) is 37.3 Å². The molecule has 0 bridgehead atoms. The van der Waals surface area contributed by atoms with Crippen molar-refractivity contribution < 1.29 is 14.3 Å². The smallest absolute Gasteiger partial charge is 0.410 e. The molecule has 0 radical (unpaired) electrons. The minimum Gasteiger partial charge on any atom is -0.444 e. The minimum atomic E-state index is -0.536. The lowest BCUT2D eigenvalue weighted by Crippen LogP contribution is -2.51. The third-order valence-corrected chi connectivity index (χ3v) is 5.16. The van der Waals surface area contributed by atoms with Crippen molar-refractivity contribution in [3.63, 3.8) is 0 Å². The number of carbonyl (C=O) groups excluding carboxylic acids is 2. The predicted octanol–water partition coefficient (Wildman–Crippen LogP) is 3.07. The van der Waals surface area contributed by atoms with Crippen LogP contribution in [0.15, 0.2) is 42.6 Å². The second kappa shape index (κ2) is 8.35. The van der Waals surface area contributed by atoms with Crippen molar-refractivity contribution in [2.45, 2.75) is 26.4 Å². The van der Waals surface area contributed by atoms with Crippen LogP contribution in [0.1, 0.15) is 36.8 Å². The highest BCUT2D eigenvalue weighted by Crippen LogP contribution is 2.20. The fourth-order valence-corrected chi connectivity index (χ4v) is 3.51. The summed E-state index contributed by atoms with van der Waals surface area (Å²) in [4.78, 5) is 32.7. The Morgan fingerprint density at radius 1 is 1.00 bits per heavy atom. The molecule has 0 aliphatic carbocycles. The Morgan fingerprint density at radius 2 is 1.66 bits per heavy atom. The number of amides is 2. The lowest BCUT2D eigenvalue weighted by Gasteiger charge is -2.35. The molecule has 1 aliphatic rings. The first-order valence-corrected chi connectivity index (χ1v) is 10.4.